The van der Waals surface area contributed by atoms with E-state index in [4.69, 9.17) is 9.84 Å². The van der Waals surface area contributed by atoms with Gasteiger partial charge in [-0.1, -0.05) is 0 Å². The Morgan fingerprint density at radius 3 is 2.53 bits per heavy atom. The number of aromatic nitrogens is 2. The van der Waals surface area contributed by atoms with E-state index in [1.54, 1.807) is 19.5 Å². The number of likely N-dealkylation sites (N-methyl/N-ethyl adjacent to an activating group) is 1. The van der Waals surface area contributed by atoms with Crippen molar-refractivity contribution in [1.82, 2.24) is 9.97 Å². The van der Waals surface area contributed by atoms with Gasteiger partial charge in [0.1, 0.15) is 0 Å². The first-order chi connectivity index (χ1) is 7.31. The van der Waals surface area contributed by atoms with Crippen LogP contribution in [0.15, 0.2) is 12.4 Å². The number of hydrogen-bond acceptors (Lipinski definition) is 5. The van der Waals surface area contributed by atoms with Crippen molar-refractivity contribution in [2.45, 2.75) is 13.5 Å². The van der Waals surface area contributed by atoms with Crippen molar-refractivity contribution in [3.05, 3.63) is 18.0 Å². The number of methoxy groups -OCH3 is 1. The third-order valence-corrected chi connectivity index (χ3v) is 2.10. The summed E-state index contributed by atoms with van der Waals surface area (Å²) >= 11 is 0. The molecule has 0 aliphatic carbocycles. The lowest BCUT2D eigenvalue weighted by Gasteiger charge is -2.19. The molecular weight excluding hydrogens is 194 g/mol. The molecule has 1 rings (SSSR count). The molecule has 5 nitrogen and oxygen atoms in total. The molecule has 0 amide bonds. The van der Waals surface area contributed by atoms with Gasteiger partial charge in [0.05, 0.1) is 13.2 Å². The summed E-state index contributed by atoms with van der Waals surface area (Å²) in [7, 11) is 1.67. The Kier molecular flexibility index (Phi) is 5.00. The molecule has 1 aromatic rings. The highest BCUT2D eigenvalue weighted by Crippen LogP contribution is 2.06. The fraction of sp³-hybridized carbons (Fsp3) is 0.600. The van der Waals surface area contributed by atoms with Crippen LogP contribution in [0.2, 0.25) is 0 Å². The Labute approximate surface area is 89.7 Å². The molecule has 0 aliphatic rings. The van der Waals surface area contributed by atoms with Crippen LogP contribution in [0.4, 0.5) is 5.95 Å². The molecule has 0 saturated heterocycles. The zero-order chi connectivity index (χ0) is 11.1. The molecule has 0 saturated carbocycles. The molecule has 0 aliphatic heterocycles. The molecule has 15 heavy (non-hydrogen) atoms. The third kappa shape index (κ3) is 3.45. The molecule has 84 valence electrons. The number of anilines is 1. The molecule has 1 N–H and O–H groups in total. The first-order valence-electron chi connectivity index (χ1n) is 4.97. The maximum absolute atomic E-state index is 8.85. The Morgan fingerprint density at radius 1 is 1.40 bits per heavy atom. The predicted molar refractivity (Wildman–Crippen MR) is 57.7 cm³/mol. The fourth-order valence-corrected chi connectivity index (χ4v) is 1.19. The highest BCUT2D eigenvalue weighted by Gasteiger charge is 2.06. The topological polar surface area (TPSA) is 58.5 Å². The minimum atomic E-state index is -0.0233. The van der Waals surface area contributed by atoms with Crippen LogP contribution < -0.4 is 4.90 Å². The van der Waals surface area contributed by atoms with Crippen LogP contribution in [-0.2, 0) is 11.3 Å². The van der Waals surface area contributed by atoms with Gasteiger partial charge in [-0.25, -0.2) is 9.97 Å². The molecule has 1 heterocycles. The number of aliphatic hydroxyl groups is 1. The lowest BCUT2D eigenvalue weighted by atomic mass is 10.4. The average Bonchev–Trinajstić information content (AvgIpc) is 2.31. The minimum absolute atomic E-state index is 0.0233. The van der Waals surface area contributed by atoms with E-state index >= 15 is 0 Å². The van der Waals surface area contributed by atoms with Crippen LogP contribution in [-0.4, -0.2) is 41.9 Å². The highest BCUT2D eigenvalue weighted by molar-refractivity contribution is 5.29. The van der Waals surface area contributed by atoms with Crippen molar-refractivity contribution >= 4 is 5.95 Å². The second-order valence-corrected chi connectivity index (χ2v) is 3.12. The molecule has 0 radical (unpaired) electrons. The molecule has 5 heteroatoms. The van der Waals surface area contributed by atoms with E-state index in [0.717, 1.165) is 18.7 Å². The molecule has 1 aromatic heterocycles. The van der Waals surface area contributed by atoms with Crippen molar-refractivity contribution in [2.24, 2.45) is 0 Å². The van der Waals surface area contributed by atoms with Crippen molar-refractivity contribution in [2.75, 3.05) is 31.7 Å². The number of ether oxygens (including phenoxy) is 1. The van der Waals surface area contributed by atoms with Gasteiger partial charge in [-0.15, -0.1) is 0 Å². The summed E-state index contributed by atoms with van der Waals surface area (Å²) in [6.45, 7) is 4.27. The van der Waals surface area contributed by atoms with Gasteiger partial charge in [0.25, 0.3) is 0 Å². The van der Waals surface area contributed by atoms with Gasteiger partial charge < -0.3 is 14.7 Å². The summed E-state index contributed by atoms with van der Waals surface area (Å²) in [4.78, 5) is 10.4. The van der Waals surface area contributed by atoms with E-state index < -0.39 is 0 Å². The Hall–Kier alpha value is -1.20. The monoisotopic (exact) mass is 211 g/mol. The molecule has 0 fully saturated rings. The summed E-state index contributed by atoms with van der Waals surface area (Å²) < 4.78 is 5.00. The van der Waals surface area contributed by atoms with E-state index in [0.29, 0.717) is 12.6 Å². The van der Waals surface area contributed by atoms with Crippen LogP contribution in [0.25, 0.3) is 0 Å². The zero-order valence-electron chi connectivity index (χ0n) is 9.18. The number of aliphatic hydroxyl groups excluding tert-OH is 1. The summed E-state index contributed by atoms with van der Waals surface area (Å²) in [5, 5.41) is 8.85. The van der Waals surface area contributed by atoms with Gasteiger partial charge in [-0.05, 0) is 6.92 Å². The van der Waals surface area contributed by atoms with Crippen molar-refractivity contribution < 1.29 is 9.84 Å². The standard InChI is InChI=1S/C10H17N3O2/c1-3-13(4-5-15-2)10-11-6-9(8-14)7-12-10/h6-7,14H,3-5,8H2,1-2H3. The molecular formula is C10H17N3O2. The van der Waals surface area contributed by atoms with E-state index in [1.165, 1.54) is 0 Å². The van der Waals surface area contributed by atoms with Gasteiger partial charge in [0.2, 0.25) is 5.95 Å². The molecule has 0 unspecified atom stereocenters. The van der Waals surface area contributed by atoms with E-state index in [-0.39, 0.29) is 6.61 Å². The largest absolute Gasteiger partial charge is 0.392 e. The fourth-order valence-electron chi connectivity index (χ4n) is 1.19. The maximum Gasteiger partial charge on any atom is 0.225 e. The van der Waals surface area contributed by atoms with Gasteiger partial charge in [0.15, 0.2) is 0 Å². The average molecular weight is 211 g/mol. The normalized spacial score (nSPS) is 10.3. The first-order valence-corrected chi connectivity index (χ1v) is 4.97. The van der Waals surface area contributed by atoms with E-state index in [2.05, 4.69) is 9.97 Å². The lowest BCUT2D eigenvalue weighted by molar-refractivity contribution is 0.205. The van der Waals surface area contributed by atoms with E-state index in [9.17, 15) is 0 Å². The van der Waals surface area contributed by atoms with E-state index in [1.807, 2.05) is 11.8 Å². The van der Waals surface area contributed by atoms with Gasteiger partial charge in [0, 0.05) is 38.2 Å². The Morgan fingerprint density at radius 2 is 2.07 bits per heavy atom. The first kappa shape index (κ1) is 11.9. The van der Waals surface area contributed by atoms with Crippen LogP contribution in [0.5, 0.6) is 0 Å². The predicted octanol–water partition coefficient (Wildman–Crippen LogP) is 0.442. The second-order valence-electron chi connectivity index (χ2n) is 3.12. The summed E-state index contributed by atoms with van der Waals surface area (Å²) in [5.74, 6) is 0.673. The van der Waals surface area contributed by atoms with Crippen LogP contribution in [0.3, 0.4) is 0 Å². The quantitative estimate of drug-likeness (QED) is 0.740. The molecule has 0 spiro atoms. The summed E-state index contributed by atoms with van der Waals surface area (Å²) in [5.41, 5.74) is 0.724. The van der Waals surface area contributed by atoms with Crippen LogP contribution in [0, 0.1) is 0 Å². The van der Waals surface area contributed by atoms with Gasteiger partial charge in [-0.2, -0.15) is 0 Å². The zero-order valence-corrected chi connectivity index (χ0v) is 9.18. The van der Waals surface area contributed by atoms with Crippen LogP contribution >= 0.6 is 0 Å². The Balaban J connectivity index is 2.65. The second kappa shape index (κ2) is 6.31. The minimum Gasteiger partial charge on any atom is -0.392 e. The molecule has 0 aromatic carbocycles. The number of nitrogens with zero attached hydrogens (tertiary/aromatic N) is 3. The SMILES string of the molecule is CCN(CCOC)c1ncc(CO)cn1. The smallest absolute Gasteiger partial charge is 0.225 e. The van der Waals surface area contributed by atoms with Crippen molar-refractivity contribution in [3.8, 4) is 0 Å². The summed E-state index contributed by atoms with van der Waals surface area (Å²) in [6, 6.07) is 0. The van der Waals surface area contributed by atoms with Crippen molar-refractivity contribution in [1.29, 1.82) is 0 Å². The third-order valence-electron chi connectivity index (χ3n) is 2.10. The lowest BCUT2D eigenvalue weighted by Crippen LogP contribution is -2.28. The Bertz CT molecular complexity index is 277. The number of rotatable bonds is 6. The summed E-state index contributed by atoms with van der Waals surface area (Å²) in [6.07, 6.45) is 3.27. The van der Waals surface area contributed by atoms with Gasteiger partial charge in [-0.3, -0.25) is 0 Å². The number of hydrogen-bond donors (Lipinski definition) is 1. The maximum atomic E-state index is 8.85. The highest BCUT2D eigenvalue weighted by atomic mass is 16.5. The molecule has 0 bridgehead atoms. The van der Waals surface area contributed by atoms with Gasteiger partial charge >= 0.3 is 0 Å². The molecule has 0 atom stereocenters. The van der Waals surface area contributed by atoms with Crippen molar-refractivity contribution in [3.63, 3.8) is 0 Å². The van der Waals surface area contributed by atoms with Crippen LogP contribution in [0.1, 0.15) is 12.5 Å².